The molecule has 0 aliphatic carbocycles. The average Bonchev–Trinajstić information content (AvgIpc) is 2.48. The number of rotatable bonds is 4. The average molecular weight is 290 g/mol. The number of esters is 1. The minimum absolute atomic E-state index is 0.155. The van der Waals surface area contributed by atoms with Gasteiger partial charge in [0.2, 0.25) is 0 Å². The topological polar surface area (TPSA) is 61.2 Å². The van der Waals surface area contributed by atoms with Crippen molar-refractivity contribution in [3.63, 3.8) is 0 Å². The first-order valence-corrected chi connectivity index (χ1v) is 7.06. The minimum Gasteiger partial charge on any atom is -0.464 e. The number of ether oxygens (including phenoxy) is 1. The Bertz CT molecular complexity index is 668. The summed E-state index contributed by atoms with van der Waals surface area (Å²) in [5.74, 6) is 0.186. The quantitative estimate of drug-likeness (QED) is 0.637. The summed E-state index contributed by atoms with van der Waals surface area (Å²) in [5, 5.41) is 4.14. The lowest BCUT2D eigenvalue weighted by Gasteiger charge is -2.09. The summed E-state index contributed by atoms with van der Waals surface area (Å²) in [6, 6.07) is 10.4. The van der Waals surface area contributed by atoms with Crippen LogP contribution in [-0.2, 0) is 4.74 Å². The highest BCUT2D eigenvalue weighted by atomic mass is 32.2. The van der Waals surface area contributed by atoms with Crippen LogP contribution in [0.3, 0.4) is 0 Å². The number of carbonyl (C=O) groups is 1. The molecule has 0 bridgehead atoms. The van der Waals surface area contributed by atoms with Crippen molar-refractivity contribution in [3.05, 3.63) is 52.4 Å². The lowest BCUT2D eigenvalue weighted by atomic mass is 10.3. The highest BCUT2D eigenvalue weighted by Gasteiger charge is 2.17. The van der Waals surface area contributed by atoms with E-state index < -0.39 is 5.97 Å². The Morgan fingerprint density at radius 3 is 2.65 bits per heavy atom. The van der Waals surface area contributed by atoms with Crippen molar-refractivity contribution in [1.29, 1.82) is 0 Å². The second kappa shape index (κ2) is 6.38. The van der Waals surface area contributed by atoms with Gasteiger partial charge in [0.15, 0.2) is 5.69 Å². The molecular weight excluding hydrogens is 276 g/mol. The van der Waals surface area contributed by atoms with Gasteiger partial charge in [0.25, 0.3) is 5.56 Å². The summed E-state index contributed by atoms with van der Waals surface area (Å²) < 4.78 is 5.92. The molecule has 20 heavy (non-hydrogen) atoms. The second-order valence-corrected chi connectivity index (χ2v) is 5.17. The smallest absolute Gasteiger partial charge is 0.359 e. The van der Waals surface area contributed by atoms with Crippen molar-refractivity contribution >= 4 is 17.7 Å². The van der Waals surface area contributed by atoms with Gasteiger partial charge in [-0.05, 0) is 17.9 Å². The molecule has 0 amide bonds. The Morgan fingerprint density at radius 2 is 2.05 bits per heavy atom. The van der Waals surface area contributed by atoms with Gasteiger partial charge in [0.05, 0.1) is 12.8 Å². The van der Waals surface area contributed by atoms with E-state index in [0.29, 0.717) is 10.6 Å². The molecule has 104 valence electrons. The van der Waals surface area contributed by atoms with Gasteiger partial charge in [0, 0.05) is 11.0 Å². The zero-order valence-electron chi connectivity index (χ0n) is 11.2. The number of para-hydroxylation sites is 1. The van der Waals surface area contributed by atoms with Crippen molar-refractivity contribution < 1.29 is 9.53 Å². The lowest BCUT2D eigenvalue weighted by Crippen LogP contribution is -2.24. The normalized spacial score (nSPS) is 10.3. The Kier molecular flexibility index (Phi) is 4.57. The molecule has 0 aliphatic heterocycles. The molecule has 0 radical (unpaired) electrons. The molecule has 0 N–H and O–H groups in total. The number of nitrogens with zero attached hydrogens (tertiary/aromatic N) is 2. The van der Waals surface area contributed by atoms with Gasteiger partial charge in [-0.15, -0.1) is 11.8 Å². The molecule has 0 unspecified atom stereocenters. The number of hydrogen-bond acceptors (Lipinski definition) is 5. The highest BCUT2D eigenvalue weighted by molar-refractivity contribution is 7.99. The van der Waals surface area contributed by atoms with Crippen LogP contribution in [0, 0.1) is 0 Å². The van der Waals surface area contributed by atoms with Gasteiger partial charge in [-0.2, -0.15) is 9.78 Å². The lowest BCUT2D eigenvalue weighted by molar-refractivity contribution is 0.0587. The number of aromatic nitrogens is 2. The van der Waals surface area contributed by atoms with Crippen molar-refractivity contribution in [2.45, 2.75) is 11.8 Å². The van der Waals surface area contributed by atoms with Gasteiger partial charge in [0.1, 0.15) is 0 Å². The van der Waals surface area contributed by atoms with Crippen LogP contribution in [-0.4, -0.2) is 28.6 Å². The molecule has 6 heteroatoms. The first kappa shape index (κ1) is 14.3. The Morgan fingerprint density at radius 1 is 1.35 bits per heavy atom. The predicted octanol–water partition coefficient (Wildman–Crippen LogP) is 2.13. The summed E-state index contributed by atoms with van der Waals surface area (Å²) in [4.78, 5) is 24.4. The van der Waals surface area contributed by atoms with Gasteiger partial charge in [-0.1, -0.05) is 25.1 Å². The number of benzene rings is 1. The Labute approximate surface area is 120 Å². The molecule has 0 atom stereocenters. The molecule has 0 saturated carbocycles. The van der Waals surface area contributed by atoms with Crippen molar-refractivity contribution in [1.82, 2.24) is 9.78 Å². The molecule has 2 rings (SSSR count). The first-order valence-electron chi connectivity index (χ1n) is 6.08. The summed E-state index contributed by atoms with van der Waals surface area (Å²) >= 11 is 1.39. The summed E-state index contributed by atoms with van der Waals surface area (Å²) in [6.45, 7) is 1.94. The van der Waals surface area contributed by atoms with Crippen LogP contribution < -0.4 is 5.56 Å². The molecule has 1 heterocycles. The van der Waals surface area contributed by atoms with Crippen molar-refractivity contribution in [2.75, 3.05) is 12.9 Å². The van der Waals surface area contributed by atoms with Crippen LogP contribution in [0.25, 0.3) is 5.69 Å². The van der Waals surface area contributed by atoms with Gasteiger partial charge >= 0.3 is 5.97 Å². The van der Waals surface area contributed by atoms with E-state index in [1.165, 1.54) is 29.6 Å². The van der Waals surface area contributed by atoms with Gasteiger partial charge in [-0.25, -0.2) is 4.79 Å². The number of carbonyl (C=O) groups excluding carboxylic acids is 1. The first-order chi connectivity index (χ1) is 9.67. The van der Waals surface area contributed by atoms with Crippen LogP contribution in [0.1, 0.15) is 17.4 Å². The predicted molar refractivity (Wildman–Crippen MR) is 77.6 cm³/mol. The number of methoxy groups -OCH3 is 1. The summed E-state index contributed by atoms with van der Waals surface area (Å²) in [5.41, 5.74) is 0.485. The fraction of sp³-hybridized carbons (Fsp3) is 0.214. The van der Waals surface area contributed by atoms with E-state index >= 15 is 0 Å². The van der Waals surface area contributed by atoms with Crippen LogP contribution in [0.5, 0.6) is 0 Å². The third-order valence-corrected chi connectivity index (χ3v) is 3.49. The molecule has 0 saturated heterocycles. The maximum Gasteiger partial charge on any atom is 0.359 e. The van der Waals surface area contributed by atoms with Crippen molar-refractivity contribution in [2.24, 2.45) is 0 Å². The summed E-state index contributed by atoms with van der Waals surface area (Å²) in [6.07, 6.45) is 0. The molecule has 0 aliphatic rings. The monoisotopic (exact) mass is 290 g/mol. The van der Waals surface area contributed by atoms with Crippen LogP contribution in [0.2, 0.25) is 0 Å². The largest absolute Gasteiger partial charge is 0.464 e. The van der Waals surface area contributed by atoms with Crippen LogP contribution >= 0.6 is 11.8 Å². The molecular formula is C14H14N2O3S. The van der Waals surface area contributed by atoms with Gasteiger partial charge < -0.3 is 4.74 Å². The van der Waals surface area contributed by atoms with E-state index in [9.17, 15) is 9.59 Å². The van der Waals surface area contributed by atoms with Crippen LogP contribution in [0.4, 0.5) is 0 Å². The van der Waals surface area contributed by atoms with E-state index in [-0.39, 0.29) is 11.3 Å². The van der Waals surface area contributed by atoms with E-state index in [1.54, 1.807) is 24.3 Å². The zero-order valence-corrected chi connectivity index (χ0v) is 12.0. The SMILES string of the molecule is CCSc1cc(=O)n(-c2ccccc2)nc1C(=O)OC. The van der Waals surface area contributed by atoms with E-state index in [4.69, 9.17) is 4.74 Å². The molecule has 1 aromatic carbocycles. The maximum absolute atomic E-state index is 12.1. The Hall–Kier alpha value is -2.08. The fourth-order valence-corrected chi connectivity index (χ4v) is 2.45. The minimum atomic E-state index is -0.550. The van der Waals surface area contributed by atoms with Gasteiger partial charge in [-0.3, -0.25) is 4.79 Å². The third-order valence-electron chi connectivity index (χ3n) is 2.58. The van der Waals surface area contributed by atoms with E-state index in [2.05, 4.69) is 5.10 Å². The summed E-state index contributed by atoms with van der Waals surface area (Å²) in [7, 11) is 1.29. The molecule has 0 spiro atoms. The van der Waals surface area contributed by atoms with Crippen molar-refractivity contribution in [3.8, 4) is 5.69 Å². The van der Waals surface area contributed by atoms with E-state index in [1.807, 2.05) is 13.0 Å². The van der Waals surface area contributed by atoms with Crippen LogP contribution in [0.15, 0.2) is 46.1 Å². The standard InChI is InChI=1S/C14H14N2O3S/c1-3-20-11-9-12(17)16(10-7-5-4-6-8-10)15-13(11)14(18)19-2/h4-9H,3H2,1-2H3. The number of hydrogen-bond donors (Lipinski definition) is 0. The molecule has 2 aromatic rings. The maximum atomic E-state index is 12.1. The van der Waals surface area contributed by atoms with E-state index in [0.717, 1.165) is 5.75 Å². The molecule has 1 aromatic heterocycles. The third kappa shape index (κ3) is 2.91. The molecule has 5 nitrogen and oxygen atoms in total. The highest BCUT2D eigenvalue weighted by Crippen LogP contribution is 2.20. The Balaban J connectivity index is 2.61. The molecule has 0 fully saturated rings. The zero-order chi connectivity index (χ0) is 14.5. The second-order valence-electron chi connectivity index (χ2n) is 3.87. The number of thioether (sulfide) groups is 1. The fourth-order valence-electron chi connectivity index (χ4n) is 1.70.